The maximum atomic E-state index is 14.1. The third-order valence-electron chi connectivity index (χ3n) is 5.92. The van der Waals surface area contributed by atoms with Gasteiger partial charge < -0.3 is 10.6 Å². The lowest BCUT2D eigenvalue weighted by Crippen LogP contribution is -2.21. The number of halogens is 6. The molecular formula is C26H15ClF5N5O2. The predicted molar refractivity (Wildman–Crippen MR) is 130 cm³/mol. The van der Waals surface area contributed by atoms with Gasteiger partial charge in [-0.1, -0.05) is 11.6 Å². The van der Waals surface area contributed by atoms with Crippen molar-refractivity contribution < 1.29 is 31.5 Å². The smallest absolute Gasteiger partial charge is 0.340 e. The van der Waals surface area contributed by atoms with Gasteiger partial charge in [0.15, 0.2) is 0 Å². The molecule has 0 fully saturated rings. The number of nitrogens with zero attached hydrogens (tertiary/aromatic N) is 3. The summed E-state index contributed by atoms with van der Waals surface area (Å²) in [6.07, 6.45) is -2.04. The summed E-state index contributed by atoms with van der Waals surface area (Å²) < 4.78 is 67.8. The van der Waals surface area contributed by atoms with Gasteiger partial charge in [0.2, 0.25) is 0 Å². The van der Waals surface area contributed by atoms with E-state index in [4.69, 9.17) is 11.6 Å². The number of nitrogens with one attached hydrogen (secondary N) is 2. The Balaban J connectivity index is 1.66. The van der Waals surface area contributed by atoms with E-state index in [0.29, 0.717) is 23.5 Å². The quantitative estimate of drug-likeness (QED) is 0.304. The van der Waals surface area contributed by atoms with Crippen LogP contribution >= 0.6 is 11.6 Å². The summed E-state index contributed by atoms with van der Waals surface area (Å²) in [4.78, 5) is 38.6. The van der Waals surface area contributed by atoms with Crippen LogP contribution in [0.5, 0.6) is 0 Å². The number of benzene rings is 2. The summed E-state index contributed by atoms with van der Waals surface area (Å²) >= 11 is 6.27. The van der Waals surface area contributed by atoms with Gasteiger partial charge in [-0.2, -0.15) is 13.2 Å². The van der Waals surface area contributed by atoms with Crippen molar-refractivity contribution in [3.05, 3.63) is 105 Å². The average molecular weight is 560 g/mol. The molecule has 198 valence electrons. The largest absolute Gasteiger partial charge is 0.416 e. The molecule has 0 radical (unpaired) electrons. The first kappa shape index (κ1) is 26.2. The second kappa shape index (κ2) is 9.70. The Morgan fingerprint density at radius 1 is 1.03 bits per heavy atom. The number of fused-ring (bicyclic) bond motifs is 1. The van der Waals surface area contributed by atoms with E-state index >= 15 is 0 Å². The van der Waals surface area contributed by atoms with Crippen molar-refractivity contribution in [3.63, 3.8) is 0 Å². The molecule has 0 unspecified atom stereocenters. The van der Waals surface area contributed by atoms with Crippen molar-refractivity contribution in [2.24, 2.45) is 0 Å². The third-order valence-corrected chi connectivity index (χ3v) is 6.26. The molecule has 1 aliphatic heterocycles. The van der Waals surface area contributed by atoms with Crippen LogP contribution in [-0.4, -0.2) is 26.8 Å². The summed E-state index contributed by atoms with van der Waals surface area (Å²) in [7, 11) is 0. The zero-order valence-corrected chi connectivity index (χ0v) is 20.5. The highest BCUT2D eigenvalue weighted by atomic mass is 35.5. The van der Waals surface area contributed by atoms with Gasteiger partial charge in [-0.25, -0.2) is 23.7 Å². The van der Waals surface area contributed by atoms with E-state index < -0.39 is 46.8 Å². The van der Waals surface area contributed by atoms with E-state index in [1.807, 2.05) is 0 Å². The first-order valence-corrected chi connectivity index (χ1v) is 11.6. The molecule has 2 aromatic carbocycles. The molecule has 0 spiro atoms. The summed E-state index contributed by atoms with van der Waals surface area (Å²) in [5.74, 6) is -3.23. The molecule has 5 rings (SSSR count). The van der Waals surface area contributed by atoms with Gasteiger partial charge in [0, 0.05) is 39.7 Å². The number of hydrogen-bond donors (Lipinski definition) is 2. The molecule has 3 heterocycles. The average Bonchev–Trinajstić information content (AvgIpc) is 3.21. The Labute approximate surface area is 222 Å². The zero-order valence-electron chi connectivity index (χ0n) is 19.7. The first-order valence-electron chi connectivity index (χ1n) is 11.2. The SMILES string of the molecule is Cc1ncc(-c2cc(NC(=O)c3cc(F)cc(C(F)(F)F)c3)c3c(n2)C(=O)N[C@H]3c2cc(F)ccc2Cl)cn1. The fraction of sp³-hybridized carbons (Fsp3) is 0.115. The van der Waals surface area contributed by atoms with Crippen LogP contribution in [0.2, 0.25) is 5.02 Å². The van der Waals surface area contributed by atoms with Crippen LogP contribution in [0.1, 0.15) is 49.4 Å². The van der Waals surface area contributed by atoms with E-state index in [9.17, 15) is 31.5 Å². The number of amides is 2. The van der Waals surface area contributed by atoms with Gasteiger partial charge in [-0.3, -0.25) is 9.59 Å². The third kappa shape index (κ3) is 5.15. The number of carbonyl (C=O) groups excluding carboxylic acids is 2. The number of hydrogen-bond acceptors (Lipinski definition) is 5. The van der Waals surface area contributed by atoms with Gasteiger partial charge in [0.05, 0.1) is 23.0 Å². The van der Waals surface area contributed by atoms with Gasteiger partial charge in [-0.05, 0) is 49.4 Å². The van der Waals surface area contributed by atoms with Crippen LogP contribution < -0.4 is 10.6 Å². The minimum atomic E-state index is -4.90. The van der Waals surface area contributed by atoms with Gasteiger partial charge in [0.1, 0.15) is 23.2 Å². The lowest BCUT2D eigenvalue weighted by atomic mass is 9.97. The molecule has 39 heavy (non-hydrogen) atoms. The molecule has 1 atom stereocenters. The fourth-order valence-corrected chi connectivity index (χ4v) is 4.34. The summed E-state index contributed by atoms with van der Waals surface area (Å²) in [5.41, 5.74) is -1.42. The topological polar surface area (TPSA) is 96.9 Å². The highest BCUT2D eigenvalue weighted by Crippen LogP contribution is 2.40. The van der Waals surface area contributed by atoms with Crippen molar-refractivity contribution in [3.8, 4) is 11.3 Å². The first-order chi connectivity index (χ1) is 18.4. The molecule has 2 amide bonds. The molecular weight excluding hydrogens is 545 g/mol. The van der Waals surface area contributed by atoms with Crippen molar-refractivity contribution >= 4 is 29.1 Å². The van der Waals surface area contributed by atoms with Crippen LogP contribution in [0.25, 0.3) is 11.3 Å². The normalized spacial score (nSPS) is 14.6. The molecule has 2 aromatic heterocycles. The van der Waals surface area contributed by atoms with Gasteiger partial charge in [-0.15, -0.1) is 0 Å². The Hall–Kier alpha value is -4.45. The number of carbonyl (C=O) groups is 2. The number of anilines is 1. The molecule has 4 aromatic rings. The van der Waals surface area contributed by atoms with Gasteiger partial charge >= 0.3 is 6.18 Å². The maximum absolute atomic E-state index is 14.1. The number of aromatic nitrogens is 3. The molecule has 7 nitrogen and oxygen atoms in total. The van der Waals surface area contributed by atoms with Crippen LogP contribution in [0, 0.1) is 18.6 Å². The van der Waals surface area contributed by atoms with Crippen molar-refractivity contribution in [2.45, 2.75) is 19.1 Å². The number of pyridine rings is 1. The Bertz CT molecular complexity index is 1640. The van der Waals surface area contributed by atoms with Crippen LogP contribution in [0.4, 0.5) is 27.6 Å². The van der Waals surface area contributed by atoms with Crippen molar-refractivity contribution in [1.82, 2.24) is 20.3 Å². The van der Waals surface area contributed by atoms with Crippen molar-refractivity contribution in [2.75, 3.05) is 5.32 Å². The molecule has 2 N–H and O–H groups in total. The van der Waals surface area contributed by atoms with Crippen molar-refractivity contribution in [1.29, 1.82) is 0 Å². The zero-order chi connectivity index (χ0) is 28.1. The van der Waals surface area contributed by atoms with E-state index in [2.05, 4.69) is 25.6 Å². The van der Waals surface area contributed by atoms with Crippen LogP contribution in [0.3, 0.4) is 0 Å². The van der Waals surface area contributed by atoms with E-state index in [1.54, 1.807) is 6.92 Å². The lowest BCUT2D eigenvalue weighted by Gasteiger charge is -2.18. The van der Waals surface area contributed by atoms with E-state index in [1.165, 1.54) is 24.5 Å². The molecule has 0 saturated heterocycles. The number of aryl methyl sites for hydroxylation is 1. The molecule has 0 saturated carbocycles. The highest BCUT2D eigenvalue weighted by molar-refractivity contribution is 6.31. The van der Waals surface area contributed by atoms with E-state index in [0.717, 1.165) is 12.1 Å². The van der Waals surface area contributed by atoms with Gasteiger partial charge in [0.25, 0.3) is 11.8 Å². The maximum Gasteiger partial charge on any atom is 0.416 e. The fourth-order valence-electron chi connectivity index (χ4n) is 4.12. The Kier molecular flexibility index (Phi) is 6.51. The second-order valence-electron chi connectivity index (χ2n) is 8.59. The molecule has 13 heteroatoms. The molecule has 1 aliphatic rings. The highest BCUT2D eigenvalue weighted by Gasteiger charge is 2.37. The second-order valence-corrected chi connectivity index (χ2v) is 9.00. The lowest BCUT2D eigenvalue weighted by molar-refractivity contribution is -0.137. The minimum Gasteiger partial charge on any atom is -0.340 e. The molecule has 0 aliphatic carbocycles. The van der Waals surface area contributed by atoms with E-state index in [-0.39, 0.29) is 39.3 Å². The molecule has 0 bridgehead atoms. The number of alkyl halides is 3. The summed E-state index contributed by atoms with van der Waals surface area (Å²) in [6.45, 7) is 1.65. The van der Waals surface area contributed by atoms with Crippen LogP contribution in [-0.2, 0) is 6.18 Å². The number of rotatable bonds is 4. The summed E-state index contributed by atoms with van der Waals surface area (Å²) in [5, 5.41) is 5.20. The standard InChI is InChI=1S/C26H15ClF5N5O2/c1-11-33-9-13(10-34-11)19-8-20(36-24(38)12-4-14(26(30,31)32)6-16(29)5-12)21-22(37-25(39)23(21)35-19)17-7-15(28)2-3-18(17)27/h2-10,22H,1H3,(H,37,39)(H,35,36,38)/t22-/m0/s1. The minimum absolute atomic E-state index is 0.0536. The van der Waals surface area contributed by atoms with Crippen LogP contribution in [0.15, 0.2) is 54.9 Å². The monoisotopic (exact) mass is 559 g/mol. The summed E-state index contributed by atoms with van der Waals surface area (Å²) in [6, 6.07) is 5.19. The Morgan fingerprint density at radius 2 is 1.74 bits per heavy atom. The Morgan fingerprint density at radius 3 is 2.44 bits per heavy atom. The predicted octanol–water partition coefficient (Wildman–Crippen LogP) is 5.88.